The zero-order valence-corrected chi connectivity index (χ0v) is 5.76. The molecule has 1 N–H and O–H groups in total. The molecule has 2 aliphatic rings. The SMILES string of the molecule is N#CC1COC2(CNC2)C1. The number of nitriles is 1. The molecule has 0 aromatic heterocycles. The van der Waals surface area contributed by atoms with Gasteiger partial charge in [-0.05, 0) is 6.42 Å². The van der Waals surface area contributed by atoms with Crippen molar-refractivity contribution >= 4 is 0 Å². The average Bonchev–Trinajstić information content (AvgIpc) is 2.29. The molecule has 2 aliphatic heterocycles. The molecule has 1 atom stereocenters. The lowest BCUT2D eigenvalue weighted by Gasteiger charge is -2.37. The number of hydrogen-bond donors (Lipinski definition) is 1. The Hall–Kier alpha value is -0.590. The van der Waals surface area contributed by atoms with E-state index in [2.05, 4.69) is 11.4 Å². The quantitative estimate of drug-likeness (QED) is 0.508. The topological polar surface area (TPSA) is 45.0 Å². The molecule has 2 saturated heterocycles. The minimum atomic E-state index is 0.0559. The van der Waals surface area contributed by atoms with Crippen molar-refractivity contribution < 1.29 is 4.74 Å². The fourth-order valence-electron chi connectivity index (χ4n) is 1.58. The summed E-state index contributed by atoms with van der Waals surface area (Å²) in [7, 11) is 0. The highest BCUT2D eigenvalue weighted by Gasteiger charge is 2.45. The molecule has 3 heteroatoms. The van der Waals surface area contributed by atoms with E-state index in [1.165, 1.54) is 0 Å². The second-order valence-electron chi connectivity index (χ2n) is 3.13. The van der Waals surface area contributed by atoms with Gasteiger partial charge in [0.2, 0.25) is 0 Å². The van der Waals surface area contributed by atoms with Gasteiger partial charge in [0.25, 0.3) is 0 Å². The Morgan fingerprint density at radius 2 is 2.40 bits per heavy atom. The fourth-order valence-corrected chi connectivity index (χ4v) is 1.58. The predicted octanol–water partition coefficient (Wildman–Crippen LogP) is -0.112. The van der Waals surface area contributed by atoms with Gasteiger partial charge >= 0.3 is 0 Å². The first kappa shape index (κ1) is 6.14. The molecule has 54 valence electrons. The molecule has 0 aromatic carbocycles. The minimum absolute atomic E-state index is 0.0559. The Kier molecular flexibility index (Phi) is 1.19. The van der Waals surface area contributed by atoms with Crippen LogP contribution in [0.4, 0.5) is 0 Å². The number of nitrogens with zero attached hydrogens (tertiary/aromatic N) is 1. The number of ether oxygens (including phenoxy) is 1. The van der Waals surface area contributed by atoms with Gasteiger partial charge in [0, 0.05) is 13.1 Å². The molecule has 0 amide bonds. The first-order chi connectivity index (χ1) is 4.85. The monoisotopic (exact) mass is 138 g/mol. The van der Waals surface area contributed by atoms with Crippen LogP contribution in [0.1, 0.15) is 6.42 Å². The van der Waals surface area contributed by atoms with Gasteiger partial charge in [0.15, 0.2) is 0 Å². The third kappa shape index (κ3) is 0.731. The summed E-state index contributed by atoms with van der Waals surface area (Å²) < 4.78 is 5.49. The first-order valence-corrected chi connectivity index (χ1v) is 3.59. The highest BCUT2D eigenvalue weighted by atomic mass is 16.5. The largest absolute Gasteiger partial charge is 0.371 e. The highest BCUT2D eigenvalue weighted by Crippen LogP contribution is 2.32. The van der Waals surface area contributed by atoms with Crippen LogP contribution in [0.3, 0.4) is 0 Å². The maximum absolute atomic E-state index is 8.57. The van der Waals surface area contributed by atoms with Crippen LogP contribution in [0.15, 0.2) is 0 Å². The van der Waals surface area contributed by atoms with E-state index in [-0.39, 0.29) is 11.5 Å². The maximum Gasteiger partial charge on any atom is 0.0943 e. The van der Waals surface area contributed by atoms with E-state index in [4.69, 9.17) is 10.00 Å². The lowest BCUT2D eigenvalue weighted by Crippen LogP contribution is -2.59. The minimum Gasteiger partial charge on any atom is -0.371 e. The predicted molar refractivity (Wildman–Crippen MR) is 35.3 cm³/mol. The molecule has 3 nitrogen and oxygen atoms in total. The van der Waals surface area contributed by atoms with Gasteiger partial charge in [0.1, 0.15) is 0 Å². The van der Waals surface area contributed by atoms with Gasteiger partial charge < -0.3 is 10.1 Å². The van der Waals surface area contributed by atoms with Crippen molar-refractivity contribution in [3.05, 3.63) is 0 Å². The molecular weight excluding hydrogens is 128 g/mol. The second kappa shape index (κ2) is 1.94. The molecular formula is C7H10N2O. The van der Waals surface area contributed by atoms with E-state index in [0.29, 0.717) is 6.61 Å². The Bertz CT molecular complexity index is 181. The summed E-state index contributed by atoms with van der Waals surface area (Å²) in [4.78, 5) is 0. The van der Waals surface area contributed by atoms with Crippen LogP contribution in [0.2, 0.25) is 0 Å². The van der Waals surface area contributed by atoms with E-state index in [9.17, 15) is 0 Å². The van der Waals surface area contributed by atoms with Crippen molar-refractivity contribution in [1.29, 1.82) is 5.26 Å². The van der Waals surface area contributed by atoms with Crippen LogP contribution in [0, 0.1) is 17.2 Å². The number of nitrogens with one attached hydrogen (secondary N) is 1. The van der Waals surface area contributed by atoms with Crippen LogP contribution in [-0.4, -0.2) is 25.3 Å². The molecule has 0 radical (unpaired) electrons. The Labute approximate surface area is 60.0 Å². The smallest absolute Gasteiger partial charge is 0.0943 e. The summed E-state index contributed by atoms with van der Waals surface area (Å²) in [5.41, 5.74) is 0.0559. The highest BCUT2D eigenvalue weighted by molar-refractivity contribution is 5.04. The maximum atomic E-state index is 8.57. The molecule has 0 saturated carbocycles. The van der Waals surface area contributed by atoms with Gasteiger partial charge in [-0.2, -0.15) is 5.26 Å². The van der Waals surface area contributed by atoms with E-state index < -0.39 is 0 Å². The Morgan fingerprint density at radius 1 is 1.60 bits per heavy atom. The zero-order chi connectivity index (χ0) is 7.03. The van der Waals surface area contributed by atoms with Crippen molar-refractivity contribution in [2.45, 2.75) is 12.0 Å². The summed E-state index contributed by atoms with van der Waals surface area (Å²) in [6, 6.07) is 2.23. The second-order valence-corrected chi connectivity index (χ2v) is 3.13. The van der Waals surface area contributed by atoms with Gasteiger partial charge in [-0.1, -0.05) is 0 Å². The fraction of sp³-hybridized carbons (Fsp3) is 0.857. The lowest BCUT2D eigenvalue weighted by molar-refractivity contribution is -0.0360. The third-order valence-electron chi connectivity index (χ3n) is 2.29. The Morgan fingerprint density at radius 3 is 2.70 bits per heavy atom. The summed E-state index contributed by atoms with van der Waals surface area (Å²) in [6.45, 7) is 2.51. The summed E-state index contributed by atoms with van der Waals surface area (Å²) in [6.07, 6.45) is 0.927. The summed E-state index contributed by atoms with van der Waals surface area (Å²) >= 11 is 0. The molecule has 0 aromatic rings. The van der Waals surface area contributed by atoms with E-state index in [0.717, 1.165) is 19.5 Å². The van der Waals surface area contributed by atoms with Crippen molar-refractivity contribution in [1.82, 2.24) is 5.32 Å². The molecule has 1 spiro atoms. The number of hydrogen-bond acceptors (Lipinski definition) is 3. The molecule has 0 aliphatic carbocycles. The van der Waals surface area contributed by atoms with Crippen LogP contribution in [0.5, 0.6) is 0 Å². The van der Waals surface area contributed by atoms with Crippen molar-refractivity contribution in [3.8, 4) is 6.07 Å². The van der Waals surface area contributed by atoms with Crippen molar-refractivity contribution in [2.75, 3.05) is 19.7 Å². The van der Waals surface area contributed by atoms with Crippen molar-refractivity contribution in [3.63, 3.8) is 0 Å². The van der Waals surface area contributed by atoms with Crippen LogP contribution in [-0.2, 0) is 4.74 Å². The Balaban J connectivity index is 2.00. The van der Waals surface area contributed by atoms with Gasteiger partial charge in [-0.15, -0.1) is 0 Å². The first-order valence-electron chi connectivity index (χ1n) is 3.59. The van der Waals surface area contributed by atoms with Crippen LogP contribution >= 0.6 is 0 Å². The molecule has 2 heterocycles. The third-order valence-corrected chi connectivity index (χ3v) is 2.29. The summed E-state index contributed by atoms with van der Waals surface area (Å²) in [5.74, 6) is 0.141. The average molecular weight is 138 g/mol. The molecule has 10 heavy (non-hydrogen) atoms. The van der Waals surface area contributed by atoms with Crippen molar-refractivity contribution in [2.24, 2.45) is 5.92 Å². The van der Waals surface area contributed by atoms with Crippen LogP contribution in [0.25, 0.3) is 0 Å². The normalized spacial score (nSPS) is 35.3. The lowest BCUT2D eigenvalue weighted by atomic mass is 9.90. The van der Waals surface area contributed by atoms with E-state index in [1.54, 1.807) is 0 Å². The van der Waals surface area contributed by atoms with Crippen LogP contribution < -0.4 is 5.32 Å². The standard InChI is InChI=1S/C7H10N2O/c8-2-6-1-7(10-3-6)4-9-5-7/h6,9H,1,3-5H2. The molecule has 0 bridgehead atoms. The zero-order valence-electron chi connectivity index (χ0n) is 5.76. The van der Waals surface area contributed by atoms with Gasteiger partial charge in [-0.3, -0.25) is 0 Å². The number of rotatable bonds is 0. The van der Waals surface area contributed by atoms with E-state index >= 15 is 0 Å². The molecule has 2 rings (SSSR count). The van der Waals surface area contributed by atoms with Gasteiger partial charge in [-0.25, -0.2) is 0 Å². The van der Waals surface area contributed by atoms with E-state index in [1.807, 2.05) is 0 Å². The molecule has 2 fully saturated rings. The summed E-state index contributed by atoms with van der Waals surface area (Å²) in [5, 5.41) is 11.7. The molecule has 1 unspecified atom stereocenters. The van der Waals surface area contributed by atoms with Gasteiger partial charge in [0.05, 0.1) is 24.2 Å².